The fourth-order valence-corrected chi connectivity index (χ4v) is 5.43. The predicted octanol–water partition coefficient (Wildman–Crippen LogP) is 6.68. The Labute approximate surface area is 379 Å². The molecule has 0 spiro atoms. The second-order valence-electron chi connectivity index (χ2n) is 15.4. The van der Waals surface area contributed by atoms with Crippen molar-refractivity contribution in [3.05, 3.63) is 106 Å². The van der Waals surface area contributed by atoms with E-state index in [2.05, 4.69) is 22.0 Å². The van der Waals surface area contributed by atoms with Crippen molar-refractivity contribution < 1.29 is 72.5 Å². The first-order valence-corrected chi connectivity index (χ1v) is 19.4. The molecule has 0 unspecified atom stereocenters. The van der Waals surface area contributed by atoms with Gasteiger partial charge in [-0.2, -0.15) is 6.07 Å². The van der Waals surface area contributed by atoms with Crippen molar-refractivity contribution in [3.8, 4) is 0 Å². The first-order valence-electron chi connectivity index (χ1n) is 18.6. The molecule has 3 heterocycles. The van der Waals surface area contributed by atoms with E-state index >= 15 is 0 Å². The minimum absolute atomic E-state index is 0. The molecule has 330 valence electrons. The van der Waals surface area contributed by atoms with E-state index in [1.54, 1.807) is 25.7 Å². The molecule has 2 amide bonds. The quantitative estimate of drug-likeness (QED) is 0.126. The van der Waals surface area contributed by atoms with E-state index in [1.807, 2.05) is 20.8 Å². The maximum Gasteiger partial charge on any atom is 2.00 e. The molecule has 6 rings (SSSR count). The Balaban J connectivity index is 0.000000785. The van der Waals surface area contributed by atoms with Crippen molar-refractivity contribution >= 4 is 57.0 Å². The van der Waals surface area contributed by atoms with Gasteiger partial charge in [0, 0.05) is 81.6 Å². The minimum atomic E-state index is -1.39. The van der Waals surface area contributed by atoms with Gasteiger partial charge in [0.05, 0.1) is 10.1 Å². The van der Waals surface area contributed by atoms with Gasteiger partial charge in [0.2, 0.25) is 0 Å². The van der Waals surface area contributed by atoms with Gasteiger partial charge in [0.1, 0.15) is 40.3 Å². The zero-order valence-electron chi connectivity index (χ0n) is 34.7. The van der Waals surface area contributed by atoms with E-state index in [4.69, 9.17) is 14.2 Å². The van der Waals surface area contributed by atoms with Crippen LogP contribution in [-0.4, -0.2) is 107 Å². The monoisotopic (exact) mass is 948 g/mol. The molecule has 3 aliphatic heterocycles. The Kier molecular flexibility index (Phi) is 25.7. The van der Waals surface area contributed by atoms with Crippen molar-refractivity contribution in [2.45, 2.75) is 96.9 Å². The van der Waals surface area contributed by atoms with Crippen LogP contribution in [0.1, 0.15) is 85.6 Å². The number of rotatable bonds is 1. The van der Waals surface area contributed by atoms with Gasteiger partial charge in [-0.15, -0.1) is 18.2 Å². The molecule has 3 aliphatic rings. The number of ether oxygens (including phenoxy) is 3. The van der Waals surface area contributed by atoms with Crippen LogP contribution in [0.25, 0.3) is 0 Å². The second kappa shape index (κ2) is 27.1. The molecule has 9 nitrogen and oxygen atoms in total. The molecule has 1 N–H and O–H groups in total. The van der Waals surface area contributed by atoms with Crippen molar-refractivity contribution in [2.24, 2.45) is 0 Å². The van der Waals surface area contributed by atoms with Gasteiger partial charge in [-0.25, -0.2) is 35.9 Å². The van der Waals surface area contributed by atoms with Gasteiger partial charge >= 0.3 is 35.2 Å². The third kappa shape index (κ3) is 22.7. The van der Waals surface area contributed by atoms with Crippen LogP contribution in [-0.2, 0) is 24.6 Å². The van der Waals surface area contributed by atoms with Crippen LogP contribution in [0.3, 0.4) is 0 Å². The standard InChI is InChI=1S/C16H21F2NO3.C10H17NO3.C6H3BrF2.C6H3F2.C4H8O.ClH.Mg/c1-15(2,3)22-14(20)19-8-6-16(21,7-9-19)12-5-4-11(17)10-13(12)18;1-10(2,3)14-9(13)11-6-4-8(12)5-7-11;7-5-2-1-4(8)3-6(5)9;7-5-2-1-3-6(8)4-5;1-2-4-5-3-1;;/h4-5,10,21H,6-9H2,1-3H3;4-7H2,1-3H3;1-3H;1-2,4H;1-4H2;1H;/q;;;-1;;;+2/p-1. The largest absolute Gasteiger partial charge is 2.00 e. The fourth-order valence-electron chi connectivity index (χ4n) is 5.18. The summed E-state index contributed by atoms with van der Waals surface area (Å²) in [7, 11) is 0. The minimum Gasteiger partial charge on any atom is -1.00 e. The van der Waals surface area contributed by atoms with Crippen LogP contribution in [0.2, 0.25) is 0 Å². The molecule has 3 aromatic carbocycles. The molecule has 3 saturated heterocycles. The van der Waals surface area contributed by atoms with Crippen molar-refractivity contribution in [2.75, 3.05) is 39.4 Å². The number of nitrogens with zero attached hydrogens (tertiary/aromatic N) is 2. The number of aliphatic hydroxyl groups is 1. The van der Waals surface area contributed by atoms with Gasteiger partial charge in [0.25, 0.3) is 0 Å². The van der Waals surface area contributed by atoms with Gasteiger partial charge in [-0.1, -0.05) is 6.07 Å². The Morgan fingerprint density at radius 3 is 1.55 bits per heavy atom. The van der Waals surface area contributed by atoms with Gasteiger partial charge in [-0.3, -0.25) is 4.79 Å². The Bertz CT molecular complexity index is 1760. The molecular weight excluding hydrogens is 898 g/mol. The summed E-state index contributed by atoms with van der Waals surface area (Å²) < 4.78 is 90.7. The van der Waals surface area contributed by atoms with E-state index in [1.165, 1.54) is 42.0 Å². The summed E-state index contributed by atoms with van der Waals surface area (Å²) >= 11 is 2.89. The van der Waals surface area contributed by atoms with E-state index in [0.29, 0.717) is 25.9 Å². The Hall–Kier alpha value is -3.09. The maximum absolute atomic E-state index is 13.9. The number of Topliss-reactive ketones (excluding diaryl/α,β-unsaturated/α-hetero) is 1. The number of hydrogen-bond donors (Lipinski definition) is 1. The third-order valence-corrected chi connectivity index (χ3v) is 8.73. The molecule has 0 aromatic heterocycles. The van der Waals surface area contributed by atoms with Crippen molar-refractivity contribution in [3.63, 3.8) is 0 Å². The maximum atomic E-state index is 13.9. The summed E-state index contributed by atoms with van der Waals surface area (Å²) in [4.78, 5) is 37.5. The summed E-state index contributed by atoms with van der Waals surface area (Å²) in [5.41, 5.74) is -2.37. The van der Waals surface area contributed by atoms with Gasteiger partial charge < -0.3 is 41.5 Å². The van der Waals surface area contributed by atoms with Crippen molar-refractivity contribution in [1.82, 2.24) is 9.80 Å². The molecule has 60 heavy (non-hydrogen) atoms. The third-order valence-electron chi connectivity index (χ3n) is 8.08. The average molecular weight is 951 g/mol. The SMILES string of the molecule is C1CCOC1.CC(C)(C)OC(=O)N1CCC(=O)CC1.CC(C)(C)OC(=O)N1CCC(O)(c2ccc(F)cc2F)CC1.Fc1[c-]ccc(F)c1.Fc1ccc(Br)c(F)c1.[Cl-].[Mg+2]. The van der Waals surface area contributed by atoms with Crippen molar-refractivity contribution in [1.29, 1.82) is 0 Å². The average Bonchev–Trinajstić information content (AvgIpc) is 3.71. The van der Waals surface area contributed by atoms with Crippen LogP contribution in [0.4, 0.5) is 35.9 Å². The Morgan fingerprint density at radius 1 is 0.733 bits per heavy atom. The fraction of sp³-hybridized carbons (Fsp3) is 0.500. The molecule has 0 saturated carbocycles. The zero-order chi connectivity index (χ0) is 43.7. The molecule has 0 bridgehead atoms. The molecule has 3 fully saturated rings. The van der Waals surface area contributed by atoms with Crippen LogP contribution < -0.4 is 12.4 Å². The van der Waals surface area contributed by atoms with E-state index < -0.39 is 57.8 Å². The van der Waals surface area contributed by atoms with E-state index in [0.717, 1.165) is 43.5 Å². The number of hydrogen-bond acceptors (Lipinski definition) is 7. The summed E-state index contributed by atoms with van der Waals surface area (Å²) in [5.74, 6) is -3.59. The topological polar surface area (TPSA) is 106 Å². The summed E-state index contributed by atoms with van der Waals surface area (Å²) in [6.07, 6.45) is 3.06. The number of carbonyl (C=O) groups is 3. The molecule has 18 heteroatoms. The summed E-state index contributed by atoms with van der Waals surface area (Å²) in [6.45, 7) is 14.3. The summed E-state index contributed by atoms with van der Waals surface area (Å²) in [5, 5.41) is 10.6. The van der Waals surface area contributed by atoms with Crippen LogP contribution in [0.5, 0.6) is 0 Å². The summed E-state index contributed by atoms with van der Waals surface area (Å²) in [6, 6.07) is 11.8. The van der Waals surface area contributed by atoms with E-state index in [-0.39, 0.29) is 83.3 Å². The normalized spacial score (nSPS) is 15.6. The van der Waals surface area contributed by atoms with Gasteiger partial charge in [-0.05, 0) is 101 Å². The number of carbonyl (C=O) groups excluding carboxylic acids is 3. The number of piperidine rings is 2. The molecule has 0 atom stereocenters. The van der Waals surface area contributed by atoms with Gasteiger partial charge in [0.15, 0.2) is 0 Å². The number of amides is 2. The first-order chi connectivity index (χ1) is 27.0. The molecule has 0 radical (unpaired) electrons. The van der Waals surface area contributed by atoms with Crippen LogP contribution in [0, 0.1) is 41.0 Å². The number of benzene rings is 3. The predicted molar refractivity (Wildman–Crippen MR) is 214 cm³/mol. The van der Waals surface area contributed by atoms with Crippen LogP contribution in [0.15, 0.2) is 59.1 Å². The second-order valence-corrected chi connectivity index (χ2v) is 16.2. The number of halogens is 8. The smallest absolute Gasteiger partial charge is 1.00 e. The first kappa shape index (κ1) is 56.9. The molecule has 0 aliphatic carbocycles. The Morgan fingerprint density at radius 2 is 1.18 bits per heavy atom. The molecular formula is C42H52BrClF6MgN2O7. The van der Waals surface area contributed by atoms with E-state index in [9.17, 15) is 45.8 Å². The molecule has 3 aromatic rings. The van der Waals surface area contributed by atoms with Crippen LogP contribution >= 0.6 is 15.9 Å². The number of ketones is 1. The number of likely N-dealkylation sites (tertiary alicyclic amines) is 2. The zero-order valence-corrected chi connectivity index (χ0v) is 38.5.